The number of amides is 1. The number of carbonyl (C=O) groups excluding carboxylic acids is 1. The second-order valence-electron chi connectivity index (χ2n) is 6.85. The summed E-state index contributed by atoms with van der Waals surface area (Å²) in [5, 5.41) is 20.3. The van der Waals surface area contributed by atoms with Crippen LogP contribution in [0.25, 0.3) is 11.1 Å². The first-order valence-electron chi connectivity index (χ1n) is 9.10. The fourth-order valence-electron chi connectivity index (χ4n) is 3.13. The minimum atomic E-state index is -0.459. The SMILES string of the molecule is N=Cc1ccc(-c2cncc(N)c2)cc1Nc1cccc(C(=O)N2CC(O)C2)n1. The standard InChI is InChI=1S/C21H20N6O2/c22-8-14-5-4-13(15-6-16(23)10-24-9-15)7-19(14)26-20-3-1-2-18(25-20)21(29)27-11-17(28)12-27/h1-10,17,22,28H,11-12,23H2,(H,25,26). The van der Waals surface area contributed by atoms with Crippen LogP contribution in [0.4, 0.5) is 17.2 Å². The zero-order chi connectivity index (χ0) is 20.4. The van der Waals surface area contributed by atoms with Crippen LogP contribution in [0, 0.1) is 5.41 Å². The summed E-state index contributed by atoms with van der Waals surface area (Å²) in [6, 6.07) is 12.6. The van der Waals surface area contributed by atoms with Crippen molar-refractivity contribution in [2.24, 2.45) is 0 Å². The van der Waals surface area contributed by atoms with E-state index in [1.807, 2.05) is 24.3 Å². The average Bonchev–Trinajstić information content (AvgIpc) is 2.71. The van der Waals surface area contributed by atoms with Crippen molar-refractivity contribution in [3.8, 4) is 11.1 Å². The highest BCUT2D eigenvalue weighted by Gasteiger charge is 2.30. The molecule has 0 radical (unpaired) electrons. The molecule has 1 amide bonds. The molecule has 0 unspecified atom stereocenters. The van der Waals surface area contributed by atoms with E-state index >= 15 is 0 Å². The Morgan fingerprint density at radius 1 is 1.21 bits per heavy atom. The number of aliphatic hydroxyl groups excluding tert-OH is 1. The third-order valence-corrected chi connectivity index (χ3v) is 4.68. The molecule has 0 atom stereocenters. The molecule has 146 valence electrons. The van der Waals surface area contributed by atoms with Crippen molar-refractivity contribution in [2.45, 2.75) is 6.10 Å². The molecule has 29 heavy (non-hydrogen) atoms. The topological polar surface area (TPSA) is 128 Å². The Hall–Kier alpha value is -3.78. The van der Waals surface area contributed by atoms with E-state index in [9.17, 15) is 9.90 Å². The zero-order valence-corrected chi connectivity index (χ0v) is 15.5. The Bertz CT molecular complexity index is 1080. The van der Waals surface area contributed by atoms with Gasteiger partial charge in [-0.15, -0.1) is 0 Å². The van der Waals surface area contributed by atoms with Crippen LogP contribution in [0.1, 0.15) is 16.1 Å². The summed E-state index contributed by atoms with van der Waals surface area (Å²) < 4.78 is 0. The van der Waals surface area contributed by atoms with Crippen LogP contribution >= 0.6 is 0 Å². The smallest absolute Gasteiger partial charge is 0.272 e. The van der Waals surface area contributed by atoms with E-state index < -0.39 is 6.10 Å². The Balaban J connectivity index is 1.62. The number of hydrogen-bond donors (Lipinski definition) is 4. The Kier molecular flexibility index (Phi) is 4.92. The van der Waals surface area contributed by atoms with E-state index in [1.54, 1.807) is 35.5 Å². The number of carbonyl (C=O) groups is 1. The number of nitrogens with zero attached hydrogens (tertiary/aromatic N) is 3. The number of likely N-dealkylation sites (tertiary alicyclic amines) is 1. The summed E-state index contributed by atoms with van der Waals surface area (Å²) in [6.45, 7) is 0.652. The van der Waals surface area contributed by atoms with Crippen molar-refractivity contribution in [2.75, 3.05) is 24.1 Å². The molecule has 0 aliphatic carbocycles. The predicted molar refractivity (Wildman–Crippen MR) is 111 cm³/mol. The van der Waals surface area contributed by atoms with Crippen molar-refractivity contribution in [3.05, 3.63) is 66.1 Å². The second-order valence-corrected chi connectivity index (χ2v) is 6.85. The number of benzene rings is 1. The molecule has 8 heteroatoms. The van der Waals surface area contributed by atoms with Crippen molar-refractivity contribution < 1.29 is 9.90 Å². The van der Waals surface area contributed by atoms with Gasteiger partial charge in [0.1, 0.15) is 11.5 Å². The van der Waals surface area contributed by atoms with E-state index in [0.29, 0.717) is 41.5 Å². The van der Waals surface area contributed by atoms with Gasteiger partial charge in [0, 0.05) is 48.5 Å². The lowest BCUT2D eigenvalue weighted by Crippen LogP contribution is -2.53. The normalized spacial score (nSPS) is 13.6. The lowest BCUT2D eigenvalue weighted by molar-refractivity contribution is 0.00552. The Morgan fingerprint density at radius 3 is 2.76 bits per heavy atom. The quantitative estimate of drug-likeness (QED) is 0.497. The van der Waals surface area contributed by atoms with Gasteiger partial charge in [0.05, 0.1) is 11.8 Å². The number of nitrogens with two attached hydrogens (primary N) is 1. The van der Waals surface area contributed by atoms with Gasteiger partial charge in [-0.05, 0) is 29.8 Å². The van der Waals surface area contributed by atoms with E-state index in [0.717, 1.165) is 11.1 Å². The van der Waals surface area contributed by atoms with Crippen molar-refractivity contribution in [3.63, 3.8) is 0 Å². The van der Waals surface area contributed by atoms with E-state index in [1.165, 1.54) is 6.21 Å². The van der Waals surface area contributed by atoms with Gasteiger partial charge in [-0.2, -0.15) is 0 Å². The third kappa shape index (κ3) is 3.92. The number of aromatic nitrogens is 2. The lowest BCUT2D eigenvalue weighted by atomic mass is 10.0. The average molecular weight is 388 g/mol. The number of β-amino-alcohol motifs (C(OH)–C–C–N with tert-alkyl or cyclic N) is 1. The second kappa shape index (κ2) is 7.69. The van der Waals surface area contributed by atoms with Crippen LogP contribution in [0.3, 0.4) is 0 Å². The van der Waals surface area contributed by atoms with E-state index in [2.05, 4.69) is 15.3 Å². The lowest BCUT2D eigenvalue weighted by Gasteiger charge is -2.35. The number of nitrogens with one attached hydrogen (secondary N) is 2. The maximum atomic E-state index is 12.4. The van der Waals surface area contributed by atoms with Gasteiger partial charge >= 0.3 is 0 Å². The summed E-state index contributed by atoms with van der Waals surface area (Å²) in [6.07, 6.45) is 4.09. The highest BCUT2D eigenvalue weighted by Crippen LogP contribution is 2.27. The zero-order valence-electron chi connectivity index (χ0n) is 15.5. The van der Waals surface area contributed by atoms with Crippen LogP contribution < -0.4 is 11.1 Å². The van der Waals surface area contributed by atoms with Crippen LogP contribution in [-0.2, 0) is 0 Å². The molecular formula is C21H20N6O2. The summed E-state index contributed by atoms with van der Waals surface area (Å²) in [4.78, 5) is 22.5. The van der Waals surface area contributed by atoms with Gasteiger partial charge in [0.25, 0.3) is 5.91 Å². The first-order valence-corrected chi connectivity index (χ1v) is 9.10. The Morgan fingerprint density at radius 2 is 2.03 bits per heavy atom. The first kappa shape index (κ1) is 18.6. The number of hydrogen-bond acceptors (Lipinski definition) is 7. The molecule has 4 rings (SSSR count). The van der Waals surface area contributed by atoms with Gasteiger partial charge in [0.15, 0.2) is 0 Å². The number of nitrogen functional groups attached to an aromatic ring is 1. The molecule has 3 aromatic rings. The molecule has 2 aromatic heterocycles. The molecule has 0 bridgehead atoms. The predicted octanol–water partition coefficient (Wildman–Crippen LogP) is 2.28. The van der Waals surface area contributed by atoms with Crippen molar-refractivity contribution in [1.29, 1.82) is 5.41 Å². The molecule has 5 N–H and O–H groups in total. The summed E-state index contributed by atoms with van der Waals surface area (Å²) >= 11 is 0. The number of aliphatic hydroxyl groups is 1. The summed E-state index contributed by atoms with van der Waals surface area (Å²) in [5.41, 5.74) is 9.80. The minimum absolute atomic E-state index is 0.217. The Labute approximate surface area is 167 Å². The van der Waals surface area contributed by atoms with E-state index in [-0.39, 0.29) is 5.91 Å². The van der Waals surface area contributed by atoms with Crippen LogP contribution in [0.15, 0.2) is 54.9 Å². The molecule has 3 heterocycles. The molecule has 1 saturated heterocycles. The number of pyridine rings is 2. The molecule has 8 nitrogen and oxygen atoms in total. The van der Waals surface area contributed by atoms with E-state index in [4.69, 9.17) is 11.1 Å². The highest BCUT2D eigenvalue weighted by molar-refractivity contribution is 5.94. The van der Waals surface area contributed by atoms with Gasteiger partial charge < -0.3 is 26.5 Å². The highest BCUT2D eigenvalue weighted by atomic mass is 16.3. The molecule has 1 aliphatic rings. The van der Waals surface area contributed by atoms with Gasteiger partial charge in [-0.1, -0.05) is 18.2 Å². The van der Waals surface area contributed by atoms with Crippen LogP contribution in [0.5, 0.6) is 0 Å². The molecule has 0 spiro atoms. The maximum absolute atomic E-state index is 12.4. The van der Waals surface area contributed by atoms with Crippen LogP contribution in [0.2, 0.25) is 0 Å². The third-order valence-electron chi connectivity index (χ3n) is 4.68. The minimum Gasteiger partial charge on any atom is -0.397 e. The van der Waals surface area contributed by atoms with Crippen molar-refractivity contribution in [1.82, 2.24) is 14.9 Å². The largest absolute Gasteiger partial charge is 0.397 e. The molecular weight excluding hydrogens is 368 g/mol. The summed E-state index contributed by atoms with van der Waals surface area (Å²) in [5.74, 6) is 0.272. The van der Waals surface area contributed by atoms with Crippen LogP contribution in [-0.4, -0.2) is 51.3 Å². The van der Waals surface area contributed by atoms with Gasteiger partial charge in [-0.25, -0.2) is 4.98 Å². The monoisotopic (exact) mass is 388 g/mol. The van der Waals surface area contributed by atoms with Gasteiger partial charge in [0.2, 0.25) is 0 Å². The maximum Gasteiger partial charge on any atom is 0.272 e. The fraction of sp³-hybridized carbons (Fsp3) is 0.143. The first-order chi connectivity index (χ1) is 14.0. The molecule has 1 fully saturated rings. The molecule has 1 aromatic carbocycles. The molecule has 1 aliphatic heterocycles. The summed E-state index contributed by atoms with van der Waals surface area (Å²) in [7, 11) is 0. The molecule has 0 saturated carbocycles. The van der Waals surface area contributed by atoms with Gasteiger partial charge in [-0.3, -0.25) is 9.78 Å². The number of rotatable bonds is 5. The number of anilines is 3. The fourth-order valence-corrected chi connectivity index (χ4v) is 3.13. The van der Waals surface area contributed by atoms with Crippen molar-refractivity contribution >= 4 is 29.3 Å².